The quantitative estimate of drug-likeness (QED) is 0.756. The minimum Gasteiger partial charge on any atom is -0.324 e. The number of carbonyl (C=O) groups is 1. The summed E-state index contributed by atoms with van der Waals surface area (Å²) in [5.41, 5.74) is 7.30. The first-order chi connectivity index (χ1) is 8.38. The summed E-state index contributed by atoms with van der Waals surface area (Å²) in [5.74, 6) is 0.197. The molecule has 0 spiro atoms. The predicted molar refractivity (Wildman–Crippen MR) is 72.2 cm³/mol. The molecule has 0 fully saturated rings. The van der Waals surface area contributed by atoms with Gasteiger partial charge in [0.1, 0.15) is 0 Å². The number of anilines is 1. The molecule has 5 heteroatoms. The molecule has 1 aromatic carbocycles. The largest absolute Gasteiger partial charge is 0.324 e. The van der Waals surface area contributed by atoms with Crippen LogP contribution in [0.1, 0.15) is 20.8 Å². The Bertz CT molecular complexity index is 535. The fraction of sp³-hybridized carbons (Fsp3) is 0.385. The molecule has 1 aromatic heterocycles. The number of hydrogen-bond donors (Lipinski definition) is 3. The number of aromatic amines is 1. The molecule has 4 N–H and O–H groups in total. The molecule has 0 bridgehead atoms. The zero-order valence-corrected chi connectivity index (χ0v) is 10.8. The molecule has 0 radical (unpaired) electrons. The van der Waals surface area contributed by atoms with Gasteiger partial charge in [-0.25, -0.2) is 4.98 Å². The molecule has 5 nitrogen and oxygen atoms in total. The fourth-order valence-electron chi connectivity index (χ4n) is 1.60. The maximum absolute atomic E-state index is 11.9. The Morgan fingerprint density at radius 2 is 2.06 bits per heavy atom. The Kier molecular flexibility index (Phi) is 3.09. The first kappa shape index (κ1) is 12.6. The summed E-state index contributed by atoms with van der Waals surface area (Å²) in [6.45, 7) is 5.78. The standard InChI is InChI=1S/C13H18N4O/c1-13(2,3)10(14)11(18)17-12-15-8-6-4-5-7-9(8)16-12/h4-7,10H,14H2,1-3H3,(H2,15,16,17,18)/t10-/m0/s1. The van der Waals surface area contributed by atoms with Crippen LogP contribution in [0.2, 0.25) is 0 Å². The average molecular weight is 246 g/mol. The molecule has 18 heavy (non-hydrogen) atoms. The van der Waals surface area contributed by atoms with E-state index in [4.69, 9.17) is 5.73 Å². The lowest BCUT2D eigenvalue weighted by Gasteiger charge is -2.25. The monoisotopic (exact) mass is 246 g/mol. The maximum Gasteiger partial charge on any atom is 0.244 e. The van der Waals surface area contributed by atoms with Crippen LogP contribution < -0.4 is 11.1 Å². The molecular weight excluding hydrogens is 228 g/mol. The third-order valence-electron chi connectivity index (χ3n) is 2.85. The second-order valence-electron chi connectivity index (χ2n) is 5.44. The zero-order valence-electron chi connectivity index (χ0n) is 10.8. The van der Waals surface area contributed by atoms with Gasteiger partial charge in [-0.2, -0.15) is 0 Å². The van der Waals surface area contributed by atoms with E-state index in [1.807, 2.05) is 45.0 Å². The molecule has 1 heterocycles. The molecular formula is C13H18N4O. The number of rotatable bonds is 2. The van der Waals surface area contributed by atoms with Gasteiger partial charge in [-0.3, -0.25) is 10.1 Å². The lowest BCUT2D eigenvalue weighted by molar-refractivity contribution is -0.119. The van der Waals surface area contributed by atoms with Crippen molar-refractivity contribution >= 4 is 22.9 Å². The van der Waals surface area contributed by atoms with Gasteiger partial charge in [0.2, 0.25) is 11.9 Å². The molecule has 0 saturated heterocycles. The summed E-state index contributed by atoms with van der Waals surface area (Å²) in [4.78, 5) is 19.2. The first-order valence-electron chi connectivity index (χ1n) is 5.89. The molecule has 1 atom stereocenters. The molecule has 0 saturated carbocycles. The van der Waals surface area contributed by atoms with Crippen molar-refractivity contribution in [2.45, 2.75) is 26.8 Å². The van der Waals surface area contributed by atoms with E-state index < -0.39 is 6.04 Å². The van der Waals surface area contributed by atoms with E-state index in [0.717, 1.165) is 11.0 Å². The number of nitrogens with zero attached hydrogens (tertiary/aromatic N) is 1. The number of imidazole rings is 1. The third kappa shape index (κ3) is 2.51. The molecule has 96 valence electrons. The highest BCUT2D eigenvalue weighted by Gasteiger charge is 2.27. The second kappa shape index (κ2) is 4.42. The van der Waals surface area contributed by atoms with Gasteiger partial charge in [-0.1, -0.05) is 32.9 Å². The highest BCUT2D eigenvalue weighted by Crippen LogP contribution is 2.19. The molecule has 0 aliphatic heterocycles. The van der Waals surface area contributed by atoms with Crippen LogP contribution in [-0.4, -0.2) is 21.9 Å². The average Bonchev–Trinajstić information content (AvgIpc) is 2.68. The van der Waals surface area contributed by atoms with E-state index >= 15 is 0 Å². The van der Waals surface area contributed by atoms with Crippen molar-refractivity contribution in [3.63, 3.8) is 0 Å². The summed E-state index contributed by atoms with van der Waals surface area (Å²) in [5, 5.41) is 2.71. The van der Waals surface area contributed by atoms with Gasteiger partial charge in [-0.05, 0) is 17.5 Å². The normalized spacial score (nSPS) is 13.6. The molecule has 1 amide bonds. The highest BCUT2D eigenvalue weighted by molar-refractivity contribution is 5.95. The van der Waals surface area contributed by atoms with Gasteiger partial charge >= 0.3 is 0 Å². The molecule has 0 unspecified atom stereocenters. The van der Waals surface area contributed by atoms with Gasteiger partial charge in [-0.15, -0.1) is 0 Å². The summed E-state index contributed by atoms with van der Waals surface area (Å²) in [7, 11) is 0. The minimum absolute atomic E-state index is 0.235. The zero-order chi connectivity index (χ0) is 13.3. The van der Waals surface area contributed by atoms with Gasteiger partial charge in [0.05, 0.1) is 17.1 Å². The van der Waals surface area contributed by atoms with Crippen LogP contribution in [0.3, 0.4) is 0 Å². The van der Waals surface area contributed by atoms with Gasteiger partial charge in [0.15, 0.2) is 0 Å². The van der Waals surface area contributed by atoms with E-state index in [1.54, 1.807) is 0 Å². The fourth-order valence-corrected chi connectivity index (χ4v) is 1.60. The Balaban J connectivity index is 2.16. The topological polar surface area (TPSA) is 83.8 Å². The Labute approximate surface area is 106 Å². The number of aromatic nitrogens is 2. The smallest absolute Gasteiger partial charge is 0.244 e. The van der Waals surface area contributed by atoms with Gasteiger partial charge in [0, 0.05) is 0 Å². The number of benzene rings is 1. The van der Waals surface area contributed by atoms with E-state index in [0.29, 0.717) is 5.95 Å². The number of hydrogen-bond acceptors (Lipinski definition) is 3. The first-order valence-corrected chi connectivity index (χ1v) is 5.89. The minimum atomic E-state index is -0.578. The van der Waals surface area contributed by atoms with Crippen molar-refractivity contribution in [3.05, 3.63) is 24.3 Å². The number of H-pyrrole nitrogens is 1. The SMILES string of the molecule is CC(C)(C)[C@@H](N)C(=O)Nc1nc2ccccc2[nH]1. The van der Waals surface area contributed by atoms with Crippen molar-refractivity contribution in [1.29, 1.82) is 0 Å². The van der Waals surface area contributed by atoms with Crippen LogP contribution in [0.5, 0.6) is 0 Å². The summed E-state index contributed by atoms with van der Waals surface area (Å²) in [6, 6.07) is 7.01. The molecule has 0 aliphatic carbocycles. The van der Waals surface area contributed by atoms with Crippen LogP contribution in [0.4, 0.5) is 5.95 Å². The van der Waals surface area contributed by atoms with E-state index in [1.165, 1.54) is 0 Å². The van der Waals surface area contributed by atoms with Crippen molar-refractivity contribution < 1.29 is 4.79 Å². The van der Waals surface area contributed by atoms with E-state index in [2.05, 4.69) is 15.3 Å². The summed E-state index contributed by atoms with van der Waals surface area (Å²) >= 11 is 0. The van der Waals surface area contributed by atoms with Crippen LogP contribution in [0.15, 0.2) is 24.3 Å². The number of amides is 1. The maximum atomic E-state index is 11.9. The lowest BCUT2D eigenvalue weighted by atomic mass is 9.87. The van der Waals surface area contributed by atoms with Gasteiger partial charge < -0.3 is 10.7 Å². The molecule has 0 aliphatic rings. The second-order valence-corrected chi connectivity index (χ2v) is 5.44. The van der Waals surface area contributed by atoms with Crippen molar-refractivity contribution in [1.82, 2.24) is 9.97 Å². The lowest BCUT2D eigenvalue weighted by Crippen LogP contribution is -2.45. The van der Waals surface area contributed by atoms with Crippen molar-refractivity contribution in [3.8, 4) is 0 Å². The number of nitrogens with one attached hydrogen (secondary N) is 2. The van der Waals surface area contributed by atoms with Crippen LogP contribution in [-0.2, 0) is 4.79 Å². The van der Waals surface area contributed by atoms with Crippen LogP contribution in [0, 0.1) is 5.41 Å². The van der Waals surface area contributed by atoms with E-state index in [-0.39, 0.29) is 11.3 Å². The third-order valence-corrected chi connectivity index (χ3v) is 2.85. The van der Waals surface area contributed by atoms with Crippen molar-refractivity contribution in [2.75, 3.05) is 5.32 Å². The highest BCUT2D eigenvalue weighted by atomic mass is 16.2. The molecule has 2 rings (SSSR count). The number of para-hydroxylation sites is 2. The van der Waals surface area contributed by atoms with Gasteiger partial charge in [0.25, 0.3) is 0 Å². The Morgan fingerprint density at radius 3 is 2.67 bits per heavy atom. The summed E-state index contributed by atoms with van der Waals surface area (Å²) < 4.78 is 0. The molecule has 2 aromatic rings. The van der Waals surface area contributed by atoms with Crippen LogP contribution in [0.25, 0.3) is 11.0 Å². The van der Waals surface area contributed by atoms with Crippen molar-refractivity contribution in [2.24, 2.45) is 11.1 Å². The predicted octanol–water partition coefficient (Wildman–Crippen LogP) is 1.87. The summed E-state index contributed by atoms with van der Waals surface area (Å²) in [6.07, 6.45) is 0. The van der Waals surface area contributed by atoms with E-state index in [9.17, 15) is 4.79 Å². The van der Waals surface area contributed by atoms with Crippen LogP contribution >= 0.6 is 0 Å². The Morgan fingerprint density at radius 1 is 1.39 bits per heavy atom. The number of fused-ring (bicyclic) bond motifs is 1. The number of carbonyl (C=O) groups excluding carboxylic acids is 1. The number of nitrogens with two attached hydrogens (primary N) is 1. The Hall–Kier alpha value is -1.88.